The van der Waals surface area contributed by atoms with Crippen LogP contribution in [0.3, 0.4) is 0 Å². The fourth-order valence-corrected chi connectivity index (χ4v) is 3.44. The van der Waals surface area contributed by atoms with E-state index in [4.69, 9.17) is 11.6 Å². The van der Waals surface area contributed by atoms with Crippen LogP contribution in [0.25, 0.3) is 0 Å². The second-order valence-corrected chi connectivity index (χ2v) is 6.67. The van der Waals surface area contributed by atoms with Crippen LogP contribution in [0, 0.1) is 0 Å². The van der Waals surface area contributed by atoms with E-state index in [0.717, 1.165) is 12.1 Å². The molecule has 3 heterocycles. The molecule has 1 atom stereocenters. The topological polar surface area (TPSA) is 73.4 Å². The molecule has 2 aliphatic rings. The number of alkyl halides is 3. The fourth-order valence-electron chi connectivity index (χ4n) is 3.13. The predicted molar refractivity (Wildman–Crippen MR) is 99.0 cm³/mol. The minimum atomic E-state index is -4.65. The van der Waals surface area contributed by atoms with Gasteiger partial charge in [0.05, 0.1) is 33.6 Å². The molecule has 7 nitrogen and oxygen atoms in total. The number of hydrazine groups is 2. The van der Waals surface area contributed by atoms with Crippen molar-refractivity contribution >= 4 is 23.5 Å². The molecule has 150 valence electrons. The number of anilines is 1. The Morgan fingerprint density at radius 1 is 1.21 bits per heavy atom. The number of allylic oxidation sites excluding steroid dienone is 1. The number of halogens is 4. The summed E-state index contributed by atoms with van der Waals surface area (Å²) in [5.74, 6) is -0.254. The lowest BCUT2D eigenvalue weighted by atomic mass is 10.0. The molecule has 0 radical (unpaired) electrons. The first-order valence-corrected chi connectivity index (χ1v) is 8.86. The Morgan fingerprint density at radius 2 is 1.93 bits per heavy atom. The van der Waals surface area contributed by atoms with Crippen LogP contribution in [-0.2, 0) is 6.18 Å². The first kappa shape index (κ1) is 19.2. The Bertz CT molecular complexity index is 1020. The maximum atomic E-state index is 13.1. The minimum absolute atomic E-state index is 0.226. The molecular formula is C18H14ClF3N6O. The number of hydrogen-bond acceptors (Lipinski definition) is 6. The smallest absolute Gasteiger partial charge is 0.306 e. The predicted octanol–water partition coefficient (Wildman–Crippen LogP) is 3.25. The largest absolute Gasteiger partial charge is 0.417 e. The lowest BCUT2D eigenvalue weighted by molar-refractivity contribution is -0.137. The second kappa shape index (κ2) is 7.05. The highest BCUT2D eigenvalue weighted by Crippen LogP contribution is 2.37. The molecule has 11 heteroatoms. The third-order valence-corrected chi connectivity index (χ3v) is 4.98. The highest BCUT2D eigenvalue weighted by Gasteiger charge is 2.38. The summed E-state index contributed by atoms with van der Waals surface area (Å²) in [5.41, 5.74) is 5.91. The van der Waals surface area contributed by atoms with Crippen molar-refractivity contribution in [2.24, 2.45) is 0 Å². The Hall–Kier alpha value is -3.11. The van der Waals surface area contributed by atoms with Crippen molar-refractivity contribution in [3.05, 3.63) is 76.5 Å². The van der Waals surface area contributed by atoms with E-state index in [0.29, 0.717) is 17.3 Å². The van der Waals surface area contributed by atoms with Gasteiger partial charge in [-0.15, -0.1) is 5.53 Å². The van der Waals surface area contributed by atoms with Crippen LogP contribution >= 0.6 is 11.6 Å². The Morgan fingerprint density at radius 3 is 2.62 bits per heavy atom. The van der Waals surface area contributed by atoms with E-state index in [-0.39, 0.29) is 5.56 Å². The van der Waals surface area contributed by atoms with E-state index in [2.05, 4.69) is 20.9 Å². The van der Waals surface area contributed by atoms with Gasteiger partial charge in [0.15, 0.2) is 0 Å². The highest BCUT2D eigenvalue weighted by atomic mass is 35.5. The van der Waals surface area contributed by atoms with Crippen LogP contribution < -0.4 is 16.0 Å². The first-order valence-electron chi connectivity index (χ1n) is 8.48. The molecule has 1 unspecified atom stereocenters. The Kier molecular flexibility index (Phi) is 4.67. The number of carbonyl (C=O) groups excluding carboxylic acids is 1. The summed E-state index contributed by atoms with van der Waals surface area (Å²) in [7, 11) is 0. The lowest BCUT2D eigenvalue weighted by Crippen LogP contribution is -2.42. The zero-order valence-corrected chi connectivity index (χ0v) is 15.7. The molecule has 0 saturated heterocycles. The molecular weight excluding hydrogens is 409 g/mol. The first-order chi connectivity index (χ1) is 13.8. The molecule has 0 spiro atoms. The van der Waals surface area contributed by atoms with E-state index in [1.54, 1.807) is 36.5 Å². The van der Waals surface area contributed by atoms with Crippen LogP contribution in [-0.4, -0.2) is 26.8 Å². The SMILES string of the molecule is CC1C2=C(C=CN1C(=O)c1cccc(C(F)(F)F)c1Cl)N(c1ncccn1)NN2. The number of benzene rings is 1. The summed E-state index contributed by atoms with van der Waals surface area (Å²) in [6.45, 7) is 1.74. The van der Waals surface area contributed by atoms with E-state index in [1.807, 2.05) is 0 Å². The Balaban J connectivity index is 1.63. The van der Waals surface area contributed by atoms with Crippen molar-refractivity contribution in [3.63, 3.8) is 0 Å². The van der Waals surface area contributed by atoms with Gasteiger partial charge in [-0.1, -0.05) is 17.7 Å². The van der Waals surface area contributed by atoms with Crippen molar-refractivity contribution in [1.29, 1.82) is 0 Å². The number of amides is 1. The van der Waals surface area contributed by atoms with Gasteiger partial charge >= 0.3 is 6.18 Å². The molecule has 2 aliphatic heterocycles. The number of rotatable bonds is 2. The van der Waals surface area contributed by atoms with E-state index in [1.165, 1.54) is 17.2 Å². The van der Waals surface area contributed by atoms with Gasteiger partial charge in [0.25, 0.3) is 5.91 Å². The van der Waals surface area contributed by atoms with Gasteiger partial charge in [0.1, 0.15) is 0 Å². The molecule has 1 aromatic carbocycles. The maximum Gasteiger partial charge on any atom is 0.417 e. The van der Waals surface area contributed by atoms with E-state index < -0.39 is 28.7 Å². The van der Waals surface area contributed by atoms with Crippen molar-refractivity contribution in [2.45, 2.75) is 19.1 Å². The van der Waals surface area contributed by atoms with Gasteiger partial charge < -0.3 is 10.3 Å². The molecule has 0 fully saturated rings. The molecule has 2 N–H and O–H groups in total. The van der Waals surface area contributed by atoms with E-state index >= 15 is 0 Å². The monoisotopic (exact) mass is 422 g/mol. The molecule has 0 aliphatic carbocycles. The summed E-state index contributed by atoms with van der Waals surface area (Å²) in [6, 6.07) is 4.45. The summed E-state index contributed by atoms with van der Waals surface area (Å²) >= 11 is 5.91. The molecule has 4 rings (SSSR count). The third kappa shape index (κ3) is 3.30. The average molecular weight is 423 g/mol. The van der Waals surface area contributed by atoms with Gasteiger partial charge in [0, 0.05) is 18.6 Å². The number of nitrogens with zero attached hydrogens (tertiary/aromatic N) is 4. The molecule has 2 aromatic rings. The molecule has 0 saturated carbocycles. The van der Waals surface area contributed by atoms with E-state index in [9.17, 15) is 18.0 Å². The standard InChI is InChI=1S/C18H14ClF3N6O/c1-10-15-13(28(26-25-15)17-23-7-3-8-24-17)6-9-27(10)16(29)11-4-2-5-12(14(11)19)18(20,21)22/h2-10,25-26H,1H3. The van der Waals surface area contributed by atoms with Crippen molar-refractivity contribution in [3.8, 4) is 0 Å². The summed E-state index contributed by atoms with van der Waals surface area (Å²) < 4.78 is 39.4. The zero-order chi connectivity index (χ0) is 20.8. The fraction of sp³-hybridized carbons (Fsp3) is 0.167. The quantitative estimate of drug-likeness (QED) is 0.774. The van der Waals surface area contributed by atoms with Crippen molar-refractivity contribution in [2.75, 3.05) is 5.01 Å². The van der Waals surface area contributed by atoms with Gasteiger partial charge in [-0.05, 0) is 31.2 Å². The van der Waals surface area contributed by atoms with Gasteiger partial charge in [-0.25, -0.2) is 15.0 Å². The number of carbonyl (C=O) groups is 1. The van der Waals surface area contributed by atoms with Crippen LogP contribution in [0.15, 0.2) is 60.3 Å². The summed E-state index contributed by atoms with van der Waals surface area (Å²) in [6.07, 6.45) is 1.65. The van der Waals surface area contributed by atoms with Crippen molar-refractivity contribution in [1.82, 2.24) is 25.8 Å². The molecule has 0 bridgehead atoms. The van der Waals surface area contributed by atoms with Crippen LogP contribution in [0.2, 0.25) is 5.02 Å². The summed E-state index contributed by atoms with van der Waals surface area (Å²) in [5, 5.41) is 0.976. The Labute approximate surface area is 168 Å². The number of aromatic nitrogens is 2. The molecule has 29 heavy (non-hydrogen) atoms. The number of nitrogens with one attached hydrogen (secondary N) is 2. The highest BCUT2D eigenvalue weighted by molar-refractivity contribution is 6.34. The van der Waals surface area contributed by atoms with Gasteiger partial charge in [-0.2, -0.15) is 13.2 Å². The van der Waals surface area contributed by atoms with Crippen LogP contribution in [0.1, 0.15) is 22.8 Å². The lowest BCUT2D eigenvalue weighted by Gasteiger charge is -2.30. The maximum absolute atomic E-state index is 13.1. The summed E-state index contributed by atoms with van der Waals surface area (Å²) in [4.78, 5) is 22.6. The van der Waals surface area contributed by atoms with Gasteiger partial charge in [0.2, 0.25) is 5.95 Å². The zero-order valence-electron chi connectivity index (χ0n) is 14.9. The average Bonchev–Trinajstić information content (AvgIpc) is 3.13. The normalized spacial score (nSPS) is 18.7. The third-order valence-electron chi connectivity index (χ3n) is 4.57. The van der Waals surface area contributed by atoms with Crippen LogP contribution in [0.5, 0.6) is 0 Å². The minimum Gasteiger partial charge on any atom is -0.306 e. The number of hydrogen-bond donors (Lipinski definition) is 2. The molecule has 1 aromatic heterocycles. The van der Waals surface area contributed by atoms with Crippen molar-refractivity contribution < 1.29 is 18.0 Å². The van der Waals surface area contributed by atoms with Gasteiger partial charge in [-0.3, -0.25) is 4.79 Å². The second-order valence-electron chi connectivity index (χ2n) is 6.29. The molecule has 1 amide bonds. The van der Waals surface area contributed by atoms with Crippen LogP contribution in [0.4, 0.5) is 19.1 Å².